The topological polar surface area (TPSA) is 3.24 Å². The van der Waals surface area contributed by atoms with E-state index in [1.807, 2.05) is 0 Å². The van der Waals surface area contributed by atoms with Gasteiger partial charge in [-0.3, -0.25) is 4.90 Å². The lowest BCUT2D eigenvalue weighted by atomic mass is 10.0. The van der Waals surface area contributed by atoms with Crippen molar-refractivity contribution in [1.82, 2.24) is 4.90 Å². The van der Waals surface area contributed by atoms with Crippen LogP contribution in [0.3, 0.4) is 0 Å². The minimum atomic E-state index is 0.255. The molecule has 0 N–H and O–H groups in total. The summed E-state index contributed by atoms with van der Waals surface area (Å²) in [6, 6.07) is 10.7. The molecule has 0 saturated carbocycles. The van der Waals surface area contributed by atoms with Gasteiger partial charge in [0.2, 0.25) is 0 Å². The van der Waals surface area contributed by atoms with Gasteiger partial charge in [0.05, 0.1) is 0 Å². The van der Waals surface area contributed by atoms with Crippen molar-refractivity contribution in [2.75, 3.05) is 6.54 Å². The highest BCUT2D eigenvalue weighted by Crippen LogP contribution is 2.17. The maximum absolute atomic E-state index is 2.56. The number of benzene rings is 1. The summed E-state index contributed by atoms with van der Waals surface area (Å²) in [5, 5.41) is 0. The van der Waals surface area contributed by atoms with Gasteiger partial charge in [-0.15, -0.1) is 0 Å². The number of nitrogens with zero attached hydrogens (tertiary/aromatic N) is 1. The fourth-order valence-electron chi connectivity index (χ4n) is 1.80. The third-order valence-electron chi connectivity index (χ3n) is 2.95. The second kappa shape index (κ2) is 6.05. The van der Waals surface area contributed by atoms with Gasteiger partial charge in [-0.05, 0) is 39.3 Å². The molecule has 0 fully saturated rings. The van der Waals surface area contributed by atoms with E-state index in [9.17, 15) is 0 Å². The molecule has 90 valence electrons. The quantitative estimate of drug-likeness (QED) is 0.721. The molecule has 0 amide bonds. The molecule has 16 heavy (non-hydrogen) atoms. The monoisotopic (exact) mass is 219 g/mol. The first-order chi connectivity index (χ1) is 7.54. The summed E-state index contributed by atoms with van der Waals surface area (Å²) >= 11 is 0. The highest BCUT2D eigenvalue weighted by molar-refractivity contribution is 5.14. The van der Waals surface area contributed by atoms with Crippen LogP contribution < -0.4 is 0 Å². The SMILES string of the molecule is CCCCN(Cc1ccccc1)C(C)(C)C. The molecule has 0 atom stereocenters. The number of hydrogen-bond donors (Lipinski definition) is 0. The summed E-state index contributed by atoms with van der Waals surface area (Å²) in [5.74, 6) is 0. The summed E-state index contributed by atoms with van der Waals surface area (Å²) in [6.07, 6.45) is 2.55. The molecule has 0 unspecified atom stereocenters. The van der Waals surface area contributed by atoms with Crippen LogP contribution in [-0.4, -0.2) is 17.0 Å². The highest BCUT2D eigenvalue weighted by Gasteiger charge is 2.20. The minimum absolute atomic E-state index is 0.255. The summed E-state index contributed by atoms with van der Waals surface area (Å²) in [5.41, 5.74) is 1.67. The van der Waals surface area contributed by atoms with Crippen molar-refractivity contribution >= 4 is 0 Å². The Bertz CT molecular complexity index is 284. The molecule has 0 spiro atoms. The van der Waals surface area contributed by atoms with Crippen LogP contribution in [0.5, 0.6) is 0 Å². The van der Waals surface area contributed by atoms with Crippen molar-refractivity contribution in [3.63, 3.8) is 0 Å². The Labute approximate surface area is 100 Å². The van der Waals surface area contributed by atoms with Gasteiger partial charge in [0, 0.05) is 12.1 Å². The van der Waals surface area contributed by atoms with Gasteiger partial charge in [0.25, 0.3) is 0 Å². The first-order valence-corrected chi connectivity index (χ1v) is 6.33. The first kappa shape index (κ1) is 13.2. The Morgan fingerprint density at radius 2 is 1.69 bits per heavy atom. The summed E-state index contributed by atoms with van der Waals surface area (Å²) in [7, 11) is 0. The van der Waals surface area contributed by atoms with E-state index in [0.717, 1.165) is 6.54 Å². The van der Waals surface area contributed by atoms with Crippen LogP contribution in [0.1, 0.15) is 46.1 Å². The normalized spacial score (nSPS) is 12.1. The van der Waals surface area contributed by atoms with Crippen molar-refractivity contribution in [2.24, 2.45) is 0 Å². The Balaban J connectivity index is 2.64. The van der Waals surface area contributed by atoms with Crippen LogP contribution in [0.15, 0.2) is 30.3 Å². The molecule has 0 aromatic heterocycles. The maximum atomic E-state index is 2.56. The van der Waals surface area contributed by atoms with Crippen molar-refractivity contribution in [3.8, 4) is 0 Å². The minimum Gasteiger partial charge on any atom is -0.294 e. The average molecular weight is 219 g/mol. The molecule has 0 bridgehead atoms. The molecular formula is C15H25N. The number of rotatable bonds is 5. The largest absolute Gasteiger partial charge is 0.294 e. The molecule has 1 aromatic rings. The Morgan fingerprint density at radius 3 is 2.19 bits per heavy atom. The van der Waals surface area contributed by atoms with Crippen molar-refractivity contribution in [3.05, 3.63) is 35.9 Å². The molecule has 1 heteroatoms. The average Bonchev–Trinajstić information content (AvgIpc) is 2.24. The maximum Gasteiger partial charge on any atom is 0.0238 e. The predicted octanol–water partition coefficient (Wildman–Crippen LogP) is 4.09. The molecule has 0 aliphatic carbocycles. The third-order valence-corrected chi connectivity index (χ3v) is 2.95. The number of hydrogen-bond acceptors (Lipinski definition) is 1. The van der Waals surface area contributed by atoms with Gasteiger partial charge in [-0.1, -0.05) is 43.7 Å². The Hall–Kier alpha value is -0.820. The van der Waals surface area contributed by atoms with E-state index in [2.05, 4.69) is 62.9 Å². The zero-order valence-electron chi connectivity index (χ0n) is 11.2. The second-order valence-corrected chi connectivity index (χ2v) is 5.43. The molecule has 1 nitrogen and oxygen atoms in total. The Kier molecular flexibility index (Phi) is 5.01. The van der Waals surface area contributed by atoms with Crippen LogP contribution in [0.2, 0.25) is 0 Å². The van der Waals surface area contributed by atoms with Crippen LogP contribution in [0.25, 0.3) is 0 Å². The van der Waals surface area contributed by atoms with Gasteiger partial charge in [-0.25, -0.2) is 0 Å². The van der Waals surface area contributed by atoms with Gasteiger partial charge in [0.1, 0.15) is 0 Å². The highest BCUT2D eigenvalue weighted by atomic mass is 15.2. The van der Waals surface area contributed by atoms with Crippen LogP contribution in [0, 0.1) is 0 Å². The third kappa shape index (κ3) is 4.36. The van der Waals surface area contributed by atoms with E-state index >= 15 is 0 Å². The fourth-order valence-corrected chi connectivity index (χ4v) is 1.80. The van der Waals surface area contributed by atoms with E-state index < -0.39 is 0 Å². The molecule has 1 rings (SSSR count). The zero-order valence-corrected chi connectivity index (χ0v) is 11.2. The van der Waals surface area contributed by atoms with E-state index in [1.165, 1.54) is 24.9 Å². The lowest BCUT2D eigenvalue weighted by Gasteiger charge is -2.35. The Morgan fingerprint density at radius 1 is 1.06 bits per heavy atom. The van der Waals surface area contributed by atoms with Gasteiger partial charge >= 0.3 is 0 Å². The summed E-state index contributed by atoms with van der Waals surface area (Å²) in [4.78, 5) is 2.56. The zero-order chi connectivity index (χ0) is 12.0. The molecule has 0 saturated heterocycles. The standard InChI is InChI=1S/C15H25N/c1-5-6-12-16(15(2,3)4)13-14-10-8-7-9-11-14/h7-11H,5-6,12-13H2,1-4H3. The molecule has 1 aromatic carbocycles. The summed E-state index contributed by atoms with van der Waals surface area (Å²) < 4.78 is 0. The predicted molar refractivity (Wildman–Crippen MR) is 71.5 cm³/mol. The van der Waals surface area contributed by atoms with Gasteiger partial charge < -0.3 is 0 Å². The van der Waals surface area contributed by atoms with Crippen molar-refractivity contribution < 1.29 is 0 Å². The van der Waals surface area contributed by atoms with E-state index in [1.54, 1.807) is 0 Å². The van der Waals surface area contributed by atoms with Crippen molar-refractivity contribution in [2.45, 2.75) is 52.6 Å². The van der Waals surface area contributed by atoms with Crippen LogP contribution in [-0.2, 0) is 6.54 Å². The second-order valence-electron chi connectivity index (χ2n) is 5.43. The first-order valence-electron chi connectivity index (χ1n) is 6.33. The van der Waals surface area contributed by atoms with E-state index in [-0.39, 0.29) is 5.54 Å². The smallest absolute Gasteiger partial charge is 0.0238 e. The van der Waals surface area contributed by atoms with E-state index in [0.29, 0.717) is 0 Å². The van der Waals surface area contributed by atoms with Crippen LogP contribution >= 0.6 is 0 Å². The van der Waals surface area contributed by atoms with E-state index in [4.69, 9.17) is 0 Å². The van der Waals surface area contributed by atoms with Crippen molar-refractivity contribution in [1.29, 1.82) is 0 Å². The summed E-state index contributed by atoms with van der Waals surface area (Å²) in [6.45, 7) is 11.4. The fraction of sp³-hybridized carbons (Fsp3) is 0.600. The molecule has 0 heterocycles. The van der Waals surface area contributed by atoms with Crippen LogP contribution in [0.4, 0.5) is 0 Å². The lowest BCUT2D eigenvalue weighted by Crippen LogP contribution is -2.41. The lowest BCUT2D eigenvalue weighted by molar-refractivity contribution is 0.125. The molecule has 0 aliphatic heterocycles. The number of unbranched alkanes of at least 4 members (excludes halogenated alkanes) is 1. The van der Waals surface area contributed by atoms with Gasteiger partial charge in [-0.2, -0.15) is 0 Å². The molecule has 0 aliphatic rings. The molecule has 0 radical (unpaired) electrons. The molecular weight excluding hydrogens is 194 g/mol. The van der Waals surface area contributed by atoms with Gasteiger partial charge in [0.15, 0.2) is 0 Å².